The molecule has 0 spiro atoms. The second-order valence-corrected chi connectivity index (χ2v) is 5.45. The van der Waals surface area contributed by atoms with Gasteiger partial charge in [-0.2, -0.15) is 0 Å². The molecule has 0 heterocycles. The molecule has 0 atom stereocenters. The molecule has 0 fully saturated rings. The summed E-state index contributed by atoms with van der Waals surface area (Å²) >= 11 is 3.47. The fourth-order valence-corrected chi connectivity index (χ4v) is 2.14. The number of halogens is 1. The van der Waals surface area contributed by atoms with Gasteiger partial charge in [-0.3, -0.25) is 4.90 Å². The average molecular weight is 314 g/mol. The van der Waals surface area contributed by atoms with Crippen LogP contribution in [0.3, 0.4) is 0 Å². The molecule has 0 saturated carbocycles. The molecule has 1 aromatic rings. The van der Waals surface area contributed by atoms with E-state index in [0.717, 1.165) is 17.6 Å². The van der Waals surface area contributed by atoms with Crippen LogP contribution in [-0.4, -0.2) is 28.5 Å². The normalized spacial score (nSPS) is 12.4. The Morgan fingerprint density at radius 2 is 2.22 bits per heavy atom. The zero-order valence-corrected chi connectivity index (χ0v) is 12.4. The number of nitrogens with zero attached hydrogens (tertiary/aromatic N) is 2. The van der Waals surface area contributed by atoms with E-state index in [4.69, 9.17) is 10.9 Å². The third-order valence-corrected chi connectivity index (χ3v) is 3.28. The number of nitrogens with two attached hydrogens (primary N) is 1. The lowest BCUT2D eigenvalue weighted by Gasteiger charge is -2.26. The van der Waals surface area contributed by atoms with Gasteiger partial charge in [-0.1, -0.05) is 33.2 Å². The van der Waals surface area contributed by atoms with Gasteiger partial charge in [-0.25, -0.2) is 0 Å². The lowest BCUT2D eigenvalue weighted by atomic mass is 10.2. The first kappa shape index (κ1) is 15.0. The highest BCUT2D eigenvalue weighted by atomic mass is 79.9. The fraction of sp³-hybridized carbons (Fsp3) is 0.462. The minimum atomic E-state index is 0.273. The predicted molar refractivity (Wildman–Crippen MR) is 77.7 cm³/mol. The lowest BCUT2D eigenvalue weighted by Crippen LogP contribution is -2.33. The van der Waals surface area contributed by atoms with Crippen LogP contribution in [-0.2, 0) is 6.54 Å². The number of oxime groups is 1. The molecular weight excluding hydrogens is 294 g/mol. The Kier molecular flexibility index (Phi) is 6.15. The van der Waals surface area contributed by atoms with E-state index in [9.17, 15) is 0 Å². The van der Waals surface area contributed by atoms with Crippen LogP contribution in [0.1, 0.15) is 25.8 Å². The molecule has 5 heteroatoms. The van der Waals surface area contributed by atoms with E-state index < -0.39 is 0 Å². The monoisotopic (exact) mass is 313 g/mol. The Morgan fingerprint density at radius 3 is 2.78 bits per heavy atom. The highest BCUT2D eigenvalue weighted by Crippen LogP contribution is 2.14. The summed E-state index contributed by atoms with van der Waals surface area (Å²) < 4.78 is 1.08. The maximum atomic E-state index is 8.55. The Bertz CT molecular complexity index is 407. The van der Waals surface area contributed by atoms with Crippen molar-refractivity contribution in [2.75, 3.05) is 6.54 Å². The molecule has 0 aromatic heterocycles. The summed E-state index contributed by atoms with van der Waals surface area (Å²) in [6.07, 6.45) is 0.572. The second-order valence-electron chi connectivity index (χ2n) is 4.54. The lowest BCUT2D eigenvalue weighted by molar-refractivity contribution is 0.218. The Morgan fingerprint density at radius 1 is 1.50 bits per heavy atom. The molecule has 18 heavy (non-hydrogen) atoms. The van der Waals surface area contributed by atoms with E-state index in [-0.39, 0.29) is 5.84 Å². The van der Waals surface area contributed by atoms with Crippen molar-refractivity contribution < 1.29 is 5.21 Å². The summed E-state index contributed by atoms with van der Waals surface area (Å²) in [4.78, 5) is 2.29. The second kappa shape index (κ2) is 7.38. The average Bonchev–Trinajstić information content (AvgIpc) is 2.33. The highest BCUT2D eigenvalue weighted by molar-refractivity contribution is 9.10. The molecule has 1 rings (SSSR count). The Hall–Kier alpha value is -1.07. The molecule has 0 aliphatic carbocycles. The van der Waals surface area contributed by atoms with Gasteiger partial charge in [0.25, 0.3) is 0 Å². The van der Waals surface area contributed by atoms with Crippen LogP contribution in [0.15, 0.2) is 33.9 Å². The van der Waals surface area contributed by atoms with Crippen molar-refractivity contribution in [2.45, 2.75) is 32.9 Å². The quantitative estimate of drug-likeness (QED) is 0.367. The molecule has 0 unspecified atom stereocenters. The third kappa shape index (κ3) is 5.06. The molecule has 0 radical (unpaired) electrons. The van der Waals surface area contributed by atoms with Gasteiger partial charge in [0, 0.05) is 30.0 Å². The van der Waals surface area contributed by atoms with Gasteiger partial charge in [0.2, 0.25) is 0 Å². The fourth-order valence-electron chi connectivity index (χ4n) is 1.70. The highest BCUT2D eigenvalue weighted by Gasteiger charge is 2.11. The minimum absolute atomic E-state index is 0.273. The molecule has 0 bridgehead atoms. The number of benzene rings is 1. The van der Waals surface area contributed by atoms with Crippen LogP contribution in [0.4, 0.5) is 0 Å². The maximum absolute atomic E-state index is 8.55. The molecule has 3 N–H and O–H groups in total. The molecule has 0 aliphatic heterocycles. The summed E-state index contributed by atoms with van der Waals surface area (Å²) in [5, 5.41) is 11.6. The molecule has 1 aromatic carbocycles. The topological polar surface area (TPSA) is 61.8 Å². The van der Waals surface area contributed by atoms with Crippen molar-refractivity contribution in [1.29, 1.82) is 0 Å². The number of amidine groups is 1. The van der Waals surface area contributed by atoms with Crippen LogP contribution < -0.4 is 5.73 Å². The molecular formula is C13H20BrN3O. The van der Waals surface area contributed by atoms with Gasteiger partial charge in [-0.05, 0) is 31.5 Å². The van der Waals surface area contributed by atoms with Gasteiger partial charge in [0.15, 0.2) is 0 Å². The first-order valence-electron chi connectivity index (χ1n) is 5.98. The van der Waals surface area contributed by atoms with Crippen molar-refractivity contribution in [3.8, 4) is 0 Å². The minimum Gasteiger partial charge on any atom is -0.409 e. The van der Waals surface area contributed by atoms with Crippen LogP contribution in [0.5, 0.6) is 0 Å². The largest absolute Gasteiger partial charge is 0.409 e. The maximum Gasteiger partial charge on any atom is 0.140 e. The van der Waals surface area contributed by atoms with E-state index in [1.54, 1.807) is 0 Å². The van der Waals surface area contributed by atoms with Crippen LogP contribution in [0.25, 0.3) is 0 Å². The Balaban J connectivity index is 2.63. The van der Waals surface area contributed by atoms with Crippen molar-refractivity contribution >= 4 is 21.8 Å². The first-order valence-corrected chi connectivity index (χ1v) is 6.77. The van der Waals surface area contributed by atoms with Gasteiger partial charge < -0.3 is 10.9 Å². The van der Waals surface area contributed by atoms with Gasteiger partial charge >= 0.3 is 0 Å². The van der Waals surface area contributed by atoms with Crippen LogP contribution in [0, 0.1) is 0 Å². The SMILES string of the molecule is CC(C)N(CCC(N)=NO)Cc1cccc(Br)c1. The molecule has 0 saturated heterocycles. The standard InChI is InChI=1S/C13H20BrN3O/c1-10(2)17(7-6-13(15)16-18)9-11-4-3-5-12(14)8-11/h3-5,8,10,18H,6-7,9H2,1-2H3,(H2,15,16). The van der Waals surface area contributed by atoms with E-state index >= 15 is 0 Å². The third-order valence-electron chi connectivity index (χ3n) is 2.79. The summed E-state index contributed by atoms with van der Waals surface area (Å²) in [5.41, 5.74) is 6.75. The summed E-state index contributed by atoms with van der Waals surface area (Å²) in [6, 6.07) is 8.67. The summed E-state index contributed by atoms with van der Waals surface area (Å²) in [7, 11) is 0. The molecule has 0 amide bonds. The summed E-state index contributed by atoms with van der Waals surface area (Å²) in [6.45, 7) is 5.92. The zero-order valence-electron chi connectivity index (χ0n) is 10.8. The van der Waals surface area contributed by atoms with Gasteiger partial charge in [0.05, 0.1) is 0 Å². The Labute approximate surface area is 117 Å². The van der Waals surface area contributed by atoms with Crippen LogP contribution in [0.2, 0.25) is 0 Å². The van der Waals surface area contributed by atoms with Crippen molar-refractivity contribution in [3.63, 3.8) is 0 Å². The van der Waals surface area contributed by atoms with E-state index in [0.29, 0.717) is 12.5 Å². The van der Waals surface area contributed by atoms with E-state index in [1.807, 2.05) is 12.1 Å². The van der Waals surface area contributed by atoms with Crippen molar-refractivity contribution in [2.24, 2.45) is 10.9 Å². The van der Waals surface area contributed by atoms with Gasteiger partial charge in [0.1, 0.15) is 5.84 Å². The van der Waals surface area contributed by atoms with Crippen molar-refractivity contribution in [1.82, 2.24) is 4.90 Å². The van der Waals surface area contributed by atoms with E-state index in [2.05, 4.69) is 52.0 Å². The molecule has 0 aliphatic rings. The molecule has 4 nitrogen and oxygen atoms in total. The zero-order chi connectivity index (χ0) is 13.5. The summed E-state index contributed by atoms with van der Waals surface area (Å²) in [5.74, 6) is 0.273. The number of hydrogen-bond donors (Lipinski definition) is 2. The number of rotatable bonds is 6. The van der Waals surface area contributed by atoms with E-state index in [1.165, 1.54) is 5.56 Å². The van der Waals surface area contributed by atoms with Gasteiger partial charge in [-0.15, -0.1) is 0 Å². The smallest absolute Gasteiger partial charge is 0.140 e. The van der Waals surface area contributed by atoms with Crippen molar-refractivity contribution in [3.05, 3.63) is 34.3 Å². The first-order chi connectivity index (χ1) is 8.52. The number of hydrogen-bond acceptors (Lipinski definition) is 3. The predicted octanol–water partition coefficient (Wildman–Crippen LogP) is 2.80. The van der Waals surface area contributed by atoms with Crippen LogP contribution >= 0.6 is 15.9 Å². The molecule has 100 valence electrons.